The highest BCUT2D eigenvalue weighted by Crippen LogP contribution is 2.57. The Bertz CT molecular complexity index is 745. The van der Waals surface area contributed by atoms with Crippen molar-refractivity contribution in [1.82, 2.24) is 0 Å². The van der Waals surface area contributed by atoms with Gasteiger partial charge in [0.2, 0.25) is 11.8 Å². The number of Topliss-reactive ketones (excluding diaryl/α,β-unsaturated/α-hetero) is 1. The van der Waals surface area contributed by atoms with E-state index in [2.05, 4.69) is 0 Å². The third-order valence-electron chi connectivity index (χ3n) is 5.26. The first-order valence-corrected chi connectivity index (χ1v) is 7.66. The molecule has 0 N–H and O–H groups in total. The van der Waals surface area contributed by atoms with E-state index in [0.717, 1.165) is 0 Å². The van der Waals surface area contributed by atoms with E-state index in [1.165, 1.54) is 11.8 Å². The van der Waals surface area contributed by atoms with Crippen LogP contribution in [0, 0.1) is 11.8 Å². The zero-order valence-electron chi connectivity index (χ0n) is 13.2. The average molecular weight is 311 g/mol. The summed E-state index contributed by atoms with van der Waals surface area (Å²) in [5.41, 5.74) is -0.386. The molecule has 1 aromatic carbocycles. The first kappa shape index (κ1) is 14.3. The first-order valence-electron chi connectivity index (χ1n) is 7.66. The average Bonchev–Trinajstić information content (AvgIpc) is 3.04. The zero-order chi connectivity index (χ0) is 16.6. The van der Waals surface area contributed by atoms with Crippen LogP contribution in [-0.2, 0) is 14.3 Å². The van der Waals surface area contributed by atoms with E-state index < -0.39 is 23.0 Å². The molecule has 3 aliphatic heterocycles. The standard InChI is InChI=1S/C18H17NO4/c1-10(20)11-4-6-12(7-5-11)19-15(21)13-14(16(19)22)18(3)9-8-17(13,2)23-18/h4-9,13-14H,1-3H3/t13-,14-,17-,18-/m0/s1. The van der Waals surface area contributed by atoms with Gasteiger partial charge < -0.3 is 4.74 Å². The van der Waals surface area contributed by atoms with Gasteiger partial charge in [0.05, 0.1) is 28.7 Å². The molecule has 4 atom stereocenters. The molecule has 3 heterocycles. The van der Waals surface area contributed by atoms with Crippen LogP contribution >= 0.6 is 0 Å². The number of carbonyl (C=O) groups is 3. The number of rotatable bonds is 2. The summed E-state index contributed by atoms with van der Waals surface area (Å²) in [5, 5.41) is 0. The monoisotopic (exact) mass is 311 g/mol. The number of hydrogen-bond acceptors (Lipinski definition) is 4. The summed E-state index contributed by atoms with van der Waals surface area (Å²) in [6, 6.07) is 6.57. The highest BCUT2D eigenvalue weighted by atomic mass is 16.5. The molecular formula is C18H17NO4. The van der Waals surface area contributed by atoms with E-state index in [1.807, 2.05) is 26.0 Å². The molecule has 23 heavy (non-hydrogen) atoms. The van der Waals surface area contributed by atoms with Gasteiger partial charge in [-0.25, -0.2) is 4.90 Å². The van der Waals surface area contributed by atoms with Gasteiger partial charge in [-0.1, -0.05) is 12.2 Å². The number of ether oxygens (including phenoxy) is 1. The summed E-state index contributed by atoms with van der Waals surface area (Å²) in [5.74, 6) is -1.49. The van der Waals surface area contributed by atoms with Gasteiger partial charge in [0, 0.05) is 5.56 Å². The second kappa shape index (κ2) is 4.17. The molecule has 5 nitrogen and oxygen atoms in total. The van der Waals surface area contributed by atoms with Crippen LogP contribution in [0.1, 0.15) is 31.1 Å². The third-order valence-corrected chi connectivity index (χ3v) is 5.26. The number of amides is 2. The number of imide groups is 1. The number of fused-ring (bicyclic) bond motifs is 5. The molecule has 0 saturated carbocycles. The van der Waals surface area contributed by atoms with E-state index in [4.69, 9.17) is 4.74 Å². The van der Waals surface area contributed by atoms with Crippen LogP contribution in [0.4, 0.5) is 5.69 Å². The molecule has 2 amide bonds. The smallest absolute Gasteiger partial charge is 0.241 e. The maximum atomic E-state index is 12.9. The van der Waals surface area contributed by atoms with E-state index in [9.17, 15) is 14.4 Å². The lowest BCUT2D eigenvalue weighted by Gasteiger charge is -2.25. The van der Waals surface area contributed by atoms with Gasteiger partial charge >= 0.3 is 0 Å². The normalized spacial score (nSPS) is 37.6. The zero-order valence-corrected chi connectivity index (χ0v) is 13.2. The quantitative estimate of drug-likeness (QED) is 0.477. The van der Waals surface area contributed by atoms with Crippen molar-refractivity contribution in [2.45, 2.75) is 32.0 Å². The lowest BCUT2D eigenvalue weighted by molar-refractivity contribution is -0.128. The Hall–Kier alpha value is -2.27. The summed E-state index contributed by atoms with van der Waals surface area (Å²) in [7, 11) is 0. The van der Waals surface area contributed by atoms with Crippen molar-refractivity contribution in [2.24, 2.45) is 11.8 Å². The fourth-order valence-corrected chi connectivity index (χ4v) is 4.13. The maximum absolute atomic E-state index is 12.9. The largest absolute Gasteiger partial charge is 0.359 e. The summed E-state index contributed by atoms with van der Waals surface area (Å²) in [6.45, 7) is 5.19. The fourth-order valence-electron chi connectivity index (χ4n) is 4.13. The summed E-state index contributed by atoms with van der Waals surface area (Å²) < 4.78 is 5.97. The molecular weight excluding hydrogens is 294 g/mol. The Kier molecular flexibility index (Phi) is 2.60. The van der Waals surface area contributed by atoms with Crippen molar-refractivity contribution in [3.63, 3.8) is 0 Å². The van der Waals surface area contributed by atoms with Gasteiger partial charge in [0.1, 0.15) is 0 Å². The number of benzene rings is 1. The molecule has 3 aliphatic rings. The van der Waals surface area contributed by atoms with Gasteiger partial charge in [-0.15, -0.1) is 0 Å². The lowest BCUT2D eigenvalue weighted by Crippen LogP contribution is -2.39. The third kappa shape index (κ3) is 1.68. The Morgan fingerprint density at radius 2 is 1.48 bits per heavy atom. The van der Waals surface area contributed by atoms with Crippen molar-refractivity contribution >= 4 is 23.3 Å². The summed E-state index contributed by atoms with van der Waals surface area (Å²) in [4.78, 5) is 38.4. The Morgan fingerprint density at radius 3 is 1.91 bits per heavy atom. The minimum Gasteiger partial charge on any atom is -0.359 e. The molecule has 2 bridgehead atoms. The Morgan fingerprint density at radius 1 is 1.00 bits per heavy atom. The molecule has 4 rings (SSSR count). The van der Waals surface area contributed by atoms with Crippen LogP contribution in [0.3, 0.4) is 0 Å². The van der Waals surface area contributed by atoms with Crippen LogP contribution < -0.4 is 4.90 Å². The lowest BCUT2D eigenvalue weighted by atomic mass is 9.73. The minimum absolute atomic E-state index is 0.0526. The fraction of sp³-hybridized carbons (Fsp3) is 0.389. The topological polar surface area (TPSA) is 63.7 Å². The molecule has 2 saturated heterocycles. The Labute approximate surface area is 133 Å². The van der Waals surface area contributed by atoms with Crippen molar-refractivity contribution in [2.75, 3.05) is 4.90 Å². The molecule has 0 aliphatic carbocycles. The van der Waals surface area contributed by atoms with Crippen molar-refractivity contribution in [3.8, 4) is 0 Å². The van der Waals surface area contributed by atoms with Crippen LogP contribution in [0.25, 0.3) is 0 Å². The van der Waals surface area contributed by atoms with Crippen molar-refractivity contribution < 1.29 is 19.1 Å². The number of nitrogens with zero attached hydrogens (tertiary/aromatic N) is 1. The molecule has 1 aromatic rings. The van der Waals surface area contributed by atoms with Crippen molar-refractivity contribution in [1.29, 1.82) is 0 Å². The minimum atomic E-state index is -0.722. The maximum Gasteiger partial charge on any atom is 0.241 e. The molecule has 0 radical (unpaired) electrons. The van der Waals surface area contributed by atoms with E-state index >= 15 is 0 Å². The molecule has 118 valence electrons. The predicted octanol–water partition coefficient (Wildman–Crippen LogP) is 2.11. The van der Waals surface area contributed by atoms with Gasteiger partial charge in [-0.3, -0.25) is 14.4 Å². The van der Waals surface area contributed by atoms with Crippen LogP contribution in [0.5, 0.6) is 0 Å². The number of carbonyl (C=O) groups excluding carboxylic acids is 3. The number of hydrogen-bond donors (Lipinski definition) is 0. The molecule has 5 heteroatoms. The van der Waals surface area contributed by atoms with Crippen LogP contribution in [-0.4, -0.2) is 28.8 Å². The van der Waals surface area contributed by atoms with Gasteiger partial charge in [-0.2, -0.15) is 0 Å². The van der Waals surface area contributed by atoms with Crippen LogP contribution in [0.2, 0.25) is 0 Å². The second-order valence-corrected chi connectivity index (χ2v) is 6.87. The Balaban J connectivity index is 1.75. The molecule has 0 aromatic heterocycles. The van der Waals surface area contributed by atoms with Gasteiger partial charge in [-0.05, 0) is 45.0 Å². The van der Waals surface area contributed by atoms with Crippen molar-refractivity contribution in [3.05, 3.63) is 42.0 Å². The van der Waals surface area contributed by atoms with E-state index in [1.54, 1.807) is 24.3 Å². The second-order valence-electron chi connectivity index (χ2n) is 6.87. The molecule has 0 spiro atoms. The van der Waals surface area contributed by atoms with Crippen LogP contribution in [0.15, 0.2) is 36.4 Å². The highest BCUT2D eigenvalue weighted by molar-refractivity contribution is 6.23. The number of anilines is 1. The molecule has 2 fully saturated rings. The van der Waals surface area contributed by atoms with Gasteiger partial charge in [0.25, 0.3) is 0 Å². The SMILES string of the molecule is CC(=O)c1ccc(N2C(=O)[C@@H]3[C@@H](C2=O)[C@]2(C)C=C[C@]3(C)O2)cc1. The summed E-state index contributed by atoms with van der Waals surface area (Å²) in [6.07, 6.45) is 3.78. The predicted molar refractivity (Wildman–Crippen MR) is 83.0 cm³/mol. The first-order chi connectivity index (χ1) is 10.8. The summed E-state index contributed by atoms with van der Waals surface area (Å²) >= 11 is 0. The van der Waals surface area contributed by atoms with Gasteiger partial charge in [0.15, 0.2) is 5.78 Å². The highest BCUT2D eigenvalue weighted by Gasteiger charge is 2.70. The molecule has 0 unspecified atom stereocenters. The number of ketones is 1. The van der Waals surface area contributed by atoms with E-state index in [0.29, 0.717) is 11.3 Å². The van der Waals surface area contributed by atoms with E-state index in [-0.39, 0.29) is 17.6 Å².